The number of esters is 1. The van der Waals surface area contributed by atoms with Crippen LogP contribution >= 0.6 is 34.3 Å². The number of sulfone groups is 1. The molecule has 0 aliphatic carbocycles. The van der Waals surface area contributed by atoms with Crippen molar-refractivity contribution < 1.29 is 27.5 Å². The zero-order valence-electron chi connectivity index (χ0n) is 17.6. The lowest BCUT2D eigenvalue weighted by Crippen LogP contribution is -2.13. The van der Waals surface area contributed by atoms with Gasteiger partial charge in [0.1, 0.15) is 16.5 Å². The first-order chi connectivity index (χ1) is 16.1. The van der Waals surface area contributed by atoms with E-state index in [4.69, 9.17) is 21.1 Å². The maximum absolute atomic E-state index is 12.5. The fourth-order valence-electron chi connectivity index (χ4n) is 2.46. The highest BCUT2D eigenvalue weighted by Crippen LogP contribution is 2.38. The first-order valence-electron chi connectivity index (χ1n) is 9.31. The molecule has 34 heavy (non-hydrogen) atoms. The van der Waals surface area contributed by atoms with Crippen molar-refractivity contribution in [2.45, 2.75) is 11.3 Å². The molecule has 0 saturated heterocycles. The number of ether oxygens (including phenoxy) is 2. The highest BCUT2D eigenvalue weighted by atomic mass is 35.5. The fourth-order valence-corrected chi connectivity index (χ4v) is 4.82. The van der Waals surface area contributed by atoms with Gasteiger partial charge in [-0.15, -0.1) is 21.5 Å². The number of hydrogen-bond donors (Lipinski definition) is 1. The monoisotopic (exact) mass is 538 g/mol. The van der Waals surface area contributed by atoms with Crippen molar-refractivity contribution >= 4 is 67.2 Å². The molecule has 14 heteroatoms. The molecule has 3 aromatic rings. The number of nitrogens with one attached hydrogen (secondary N) is 1. The largest absolute Gasteiger partial charge is 0.490 e. The van der Waals surface area contributed by atoms with E-state index in [1.54, 1.807) is 30.5 Å². The molecule has 0 saturated carbocycles. The molecular weight excluding hydrogens is 524 g/mol. The molecule has 1 N–H and O–H groups in total. The second-order valence-electron chi connectivity index (χ2n) is 6.40. The van der Waals surface area contributed by atoms with Crippen molar-refractivity contribution in [2.75, 3.05) is 18.2 Å². The molecule has 2 aromatic heterocycles. The second kappa shape index (κ2) is 10.7. The van der Waals surface area contributed by atoms with Crippen LogP contribution in [0, 0.1) is 11.3 Å². The average Bonchev–Trinajstić information content (AvgIpc) is 3.46. The summed E-state index contributed by atoms with van der Waals surface area (Å²) in [6.07, 6.45) is 2.20. The number of halogens is 1. The fraction of sp³-hybridized carbons (Fsp3) is 0.150. The Morgan fingerprint density at radius 1 is 1.32 bits per heavy atom. The summed E-state index contributed by atoms with van der Waals surface area (Å²) in [4.78, 5) is 25.2. The van der Waals surface area contributed by atoms with Crippen LogP contribution in [0.25, 0.3) is 6.08 Å². The van der Waals surface area contributed by atoms with Gasteiger partial charge in [0.25, 0.3) is 5.91 Å². The van der Waals surface area contributed by atoms with Crippen LogP contribution in [0.5, 0.6) is 11.5 Å². The topological polar surface area (TPSA) is 148 Å². The third-order valence-electron chi connectivity index (χ3n) is 3.87. The first kappa shape index (κ1) is 25.3. The van der Waals surface area contributed by atoms with Gasteiger partial charge in [-0.1, -0.05) is 29.0 Å². The van der Waals surface area contributed by atoms with E-state index in [-0.39, 0.29) is 38.2 Å². The number of thiophene rings is 1. The van der Waals surface area contributed by atoms with Gasteiger partial charge in [-0.25, -0.2) is 13.2 Å². The maximum atomic E-state index is 12.5. The Bertz CT molecular complexity index is 1410. The molecule has 10 nitrogen and oxygen atoms in total. The van der Waals surface area contributed by atoms with Gasteiger partial charge in [-0.05, 0) is 42.1 Å². The molecule has 2 heterocycles. The third-order valence-corrected chi connectivity index (χ3v) is 7.51. The standard InChI is InChI=1S/C20H15ClN4O6S3/c1-3-30-14-9-11(8-13(21)16(14)31-18(27)15-5-4-6-32-15)7-12(10-22)17(26)23-19-24-25-20(33-19)34(2,28)29/h4-9H,3H2,1-2H3,(H,23,24,26). The summed E-state index contributed by atoms with van der Waals surface area (Å²) in [6, 6.07) is 7.94. The second-order valence-corrected chi connectivity index (χ2v) is 10.9. The van der Waals surface area contributed by atoms with Crippen LogP contribution in [0.4, 0.5) is 5.13 Å². The van der Waals surface area contributed by atoms with Gasteiger partial charge >= 0.3 is 5.97 Å². The molecule has 0 aliphatic heterocycles. The van der Waals surface area contributed by atoms with Crippen molar-refractivity contribution in [1.82, 2.24) is 10.2 Å². The van der Waals surface area contributed by atoms with E-state index < -0.39 is 21.7 Å². The molecule has 0 bridgehead atoms. The van der Waals surface area contributed by atoms with E-state index in [1.807, 2.05) is 0 Å². The molecule has 176 valence electrons. The normalized spacial score (nSPS) is 11.5. The minimum absolute atomic E-state index is 0.00388. The molecule has 0 atom stereocenters. The number of carbonyl (C=O) groups is 2. The van der Waals surface area contributed by atoms with Crippen LogP contribution < -0.4 is 14.8 Å². The molecule has 0 unspecified atom stereocenters. The number of anilines is 1. The minimum atomic E-state index is -3.58. The van der Waals surface area contributed by atoms with E-state index in [2.05, 4.69) is 15.5 Å². The summed E-state index contributed by atoms with van der Waals surface area (Å²) < 4.78 is 33.7. The molecule has 3 rings (SSSR count). The van der Waals surface area contributed by atoms with Gasteiger partial charge in [0, 0.05) is 6.26 Å². The lowest BCUT2D eigenvalue weighted by atomic mass is 10.1. The predicted molar refractivity (Wildman–Crippen MR) is 127 cm³/mol. The summed E-state index contributed by atoms with van der Waals surface area (Å²) in [5.41, 5.74) is 0.00288. The van der Waals surface area contributed by atoms with Crippen molar-refractivity contribution in [2.24, 2.45) is 0 Å². The van der Waals surface area contributed by atoms with Gasteiger partial charge in [0.15, 0.2) is 11.5 Å². The van der Waals surface area contributed by atoms with Gasteiger partial charge in [-0.3, -0.25) is 10.1 Å². The molecular formula is C20H15ClN4O6S3. The van der Waals surface area contributed by atoms with E-state index in [1.165, 1.54) is 29.5 Å². The van der Waals surface area contributed by atoms with Gasteiger partial charge in [0.2, 0.25) is 19.3 Å². The number of benzene rings is 1. The van der Waals surface area contributed by atoms with E-state index in [0.717, 1.165) is 6.26 Å². The summed E-state index contributed by atoms with van der Waals surface area (Å²) in [6.45, 7) is 1.96. The summed E-state index contributed by atoms with van der Waals surface area (Å²) in [7, 11) is -3.58. The van der Waals surface area contributed by atoms with Crippen LogP contribution in [0.1, 0.15) is 22.2 Å². The van der Waals surface area contributed by atoms with Crippen LogP contribution in [-0.2, 0) is 14.6 Å². The summed E-state index contributed by atoms with van der Waals surface area (Å²) >= 11 is 8.18. The molecule has 0 spiro atoms. The first-order valence-corrected chi connectivity index (χ1v) is 13.3. The quantitative estimate of drug-likeness (QED) is 0.148. The molecule has 1 amide bonds. The Morgan fingerprint density at radius 3 is 2.68 bits per heavy atom. The number of hydrogen-bond acceptors (Lipinski definition) is 11. The Labute approximate surface area is 207 Å². The Hall–Kier alpha value is -3.31. The third kappa shape index (κ3) is 6.17. The van der Waals surface area contributed by atoms with Gasteiger partial charge in [-0.2, -0.15) is 5.26 Å². The van der Waals surface area contributed by atoms with Crippen LogP contribution in [0.2, 0.25) is 5.02 Å². The predicted octanol–water partition coefficient (Wildman–Crippen LogP) is 3.82. The smallest absolute Gasteiger partial charge is 0.353 e. The van der Waals surface area contributed by atoms with Crippen LogP contribution in [-0.4, -0.2) is 43.4 Å². The Balaban J connectivity index is 1.87. The van der Waals surface area contributed by atoms with Gasteiger partial charge in [0.05, 0.1) is 11.6 Å². The molecule has 0 aliphatic rings. The number of carbonyl (C=O) groups excluding carboxylic acids is 2. The molecule has 0 radical (unpaired) electrons. The number of nitriles is 1. The van der Waals surface area contributed by atoms with E-state index in [9.17, 15) is 23.3 Å². The Morgan fingerprint density at radius 2 is 2.09 bits per heavy atom. The zero-order chi connectivity index (χ0) is 24.9. The zero-order valence-corrected chi connectivity index (χ0v) is 20.8. The van der Waals surface area contributed by atoms with E-state index >= 15 is 0 Å². The average molecular weight is 539 g/mol. The lowest BCUT2D eigenvalue weighted by molar-refractivity contribution is -0.112. The van der Waals surface area contributed by atoms with Crippen molar-refractivity contribution in [3.8, 4) is 17.6 Å². The number of amides is 1. The number of rotatable bonds is 8. The SMILES string of the molecule is CCOc1cc(C=C(C#N)C(=O)Nc2nnc(S(C)(=O)=O)s2)cc(Cl)c1OC(=O)c1cccs1. The summed E-state index contributed by atoms with van der Waals surface area (Å²) in [5, 5.41) is 20.5. The Kier molecular flexibility index (Phi) is 8.00. The van der Waals surface area contributed by atoms with Crippen molar-refractivity contribution in [1.29, 1.82) is 5.26 Å². The van der Waals surface area contributed by atoms with Crippen molar-refractivity contribution in [3.05, 3.63) is 50.7 Å². The lowest BCUT2D eigenvalue weighted by Gasteiger charge is -2.13. The van der Waals surface area contributed by atoms with Gasteiger partial charge < -0.3 is 9.47 Å². The summed E-state index contributed by atoms with van der Waals surface area (Å²) in [5.74, 6) is -1.29. The van der Waals surface area contributed by atoms with Crippen molar-refractivity contribution in [3.63, 3.8) is 0 Å². The van der Waals surface area contributed by atoms with Crippen LogP contribution in [0.3, 0.4) is 0 Å². The van der Waals surface area contributed by atoms with Crippen LogP contribution in [0.15, 0.2) is 39.6 Å². The number of aromatic nitrogens is 2. The number of nitrogens with zero attached hydrogens (tertiary/aromatic N) is 3. The van der Waals surface area contributed by atoms with E-state index in [0.29, 0.717) is 21.8 Å². The molecule has 0 fully saturated rings. The highest BCUT2D eigenvalue weighted by Gasteiger charge is 2.20. The molecule has 1 aromatic carbocycles. The maximum Gasteiger partial charge on any atom is 0.353 e. The minimum Gasteiger partial charge on any atom is -0.490 e. The highest BCUT2D eigenvalue weighted by molar-refractivity contribution is 7.92.